The van der Waals surface area contributed by atoms with E-state index in [1.54, 1.807) is 7.11 Å². The van der Waals surface area contributed by atoms with E-state index in [9.17, 15) is 4.79 Å². The molecule has 0 aromatic heterocycles. The fourth-order valence-electron chi connectivity index (χ4n) is 2.53. The number of amides is 1. The first-order valence-corrected chi connectivity index (χ1v) is 7.01. The van der Waals surface area contributed by atoms with Gasteiger partial charge in [-0.2, -0.15) is 0 Å². The average Bonchev–Trinajstić information content (AvgIpc) is 2.87. The summed E-state index contributed by atoms with van der Waals surface area (Å²) >= 11 is 0. The number of ether oxygens (including phenoxy) is 3. The zero-order chi connectivity index (χ0) is 13.6. The molecule has 6 heteroatoms. The van der Waals surface area contributed by atoms with Crippen molar-refractivity contribution < 1.29 is 19.0 Å². The van der Waals surface area contributed by atoms with Crippen molar-refractivity contribution in [1.82, 2.24) is 10.2 Å². The Bertz CT molecular complexity index is 282. The van der Waals surface area contributed by atoms with Gasteiger partial charge in [0.25, 0.3) is 0 Å². The van der Waals surface area contributed by atoms with Crippen LogP contribution in [0.25, 0.3) is 0 Å². The molecular formula is C13H24N2O4. The Morgan fingerprint density at radius 3 is 2.63 bits per heavy atom. The minimum Gasteiger partial charge on any atom is -0.385 e. The zero-order valence-electron chi connectivity index (χ0n) is 11.7. The first-order valence-electron chi connectivity index (χ1n) is 7.01. The number of nitrogens with one attached hydrogen (secondary N) is 1. The van der Waals surface area contributed by atoms with Gasteiger partial charge in [-0.3, -0.25) is 4.79 Å². The summed E-state index contributed by atoms with van der Waals surface area (Å²) in [5, 5.41) is 3.14. The molecule has 0 radical (unpaired) electrons. The van der Waals surface area contributed by atoms with E-state index in [4.69, 9.17) is 14.2 Å². The van der Waals surface area contributed by atoms with Gasteiger partial charge in [0.1, 0.15) is 0 Å². The third kappa shape index (κ3) is 4.14. The standard InChI is InChI=1S/C13H24N2O4/c1-17-8-2-5-14-11-12(16)15-6-3-13(4-7-15)18-9-10-19-13/h14H,2-11H2,1H3. The van der Waals surface area contributed by atoms with E-state index >= 15 is 0 Å². The molecule has 2 saturated heterocycles. The molecule has 0 aromatic rings. The first-order chi connectivity index (χ1) is 9.26. The Labute approximate surface area is 114 Å². The van der Waals surface area contributed by atoms with Gasteiger partial charge in [-0.15, -0.1) is 0 Å². The molecule has 0 aliphatic carbocycles. The number of carbonyl (C=O) groups excluding carboxylic acids is 1. The van der Waals surface area contributed by atoms with Crippen molar-refractivity contribution >= 4 is 5.91 Å². The van der Waals surface area contributed by atoms with Crippen LogP contribution in [0.2, 0.25) is 0 Å². The predicted octanol–water partition coefficient (Wildman–Crippen LogP) is -0.0220. The van der Waals surface area contributed by atoms with Gasteiger partial charge >= 0.3 is 0 Å². The van der Waals surface area contributed by atoms with Crippen LogP contribution in [0.1, 0.15) is 19.3 Å². The summed E-state index contributed by atoms with van der Waals surface area (Å²) < 4.78 is 16.2. The van der Waals surface area contributed by atoms with Crippen LogP contribution in [-0.4, -0.2) is 69.7 Å². The van der Waals surface area contributed by atoms with Crippen molar-refractivity contribution in [3.8, 4) is 0 Å². The molecule has 0 unspecified atom stereocenters. The summed E-state index contributed by atoms with van der Waals surface area (Å²) in [5.41, 5.74) is 0. The molecule has 2 aliphatic rings. The summed E-state index contributed by atoms with van der Waals surface area (Å²) in [4.78, 5) is 13.9. The van der Waals surface area contributed by atoms with Crippen LogP contribution in [0.15, 0.2) is 0 Å². The Morgan fingerprint density at radius 2 is 2.00 bits per heavy atom. The van der Waals surface area contributed by atoms with Gasteiger partial charge in [-0.1, -0.05) is 0 Å². The summed E-state index contributed by atoms with van der Waals surface area (Å²) in [6.07, 6.45) is 2.49. The van der Waals surface area contributed by atoms with Crippen molar-refractivity contribution in [2.45, 2.75) is 25.0 Å². The van der Waals surface area contributed by atoms with Crippen molar-refractivity contribution in [3.05, 3.63) is 0 Å². The average molecular weight is 272 g/mol. The predicted molar refractivity (Wildman–Crippen MR) is 69.8 cm³/mol. The van der Waals surface area contributed by atoms with E-state index in [-0.39, 0.29) is 5.91 Å². The van der Waals surface area contributed by atoms with Gasteiger partial charge in [-0.05, 0) is 13.0 Å². The van der Waals surface area contributed by atoms with Crippen LogP contribution in [0, 0.1) is 0 Å². The van der Waals surface area contributed by atoms with Gasteiger partial charge < -0.3 is 24.4 Å². The van der Waals surface area contributed by atoms with E-state index in [0.29, 0.717) is 19.8 Å². The van der Waals surface area contributed by atoms with Crippen molar-refractivity contribution in [1.29, 1.82) is 0 Å². The molecule has 1 amide bonds. The minimum absolute atomic E-state index is 0.158. The lowest BCUT2D eigenvalue weighted by Gasteiger charge is -2.37. The maximum absolute atomic E-state index is 12.0. The minimum atomic E-state index is -0.400. The molecule has 2 aliphatic heterocycles. The fourth-order valence-corrected chi connectivity index (χ4v) is 2.53. The largest absolute Gasteiger partial charge is 0.385 e. The molecule has 1 spiro atoms. The topological polar surface area (TPSA) is 60.0 Å². The molecule has 2 rings (SSSR count). The highest BCUT2D eigenvalue weighted by atomic mass is 16.7. The third-order valence-corrected chi connectivity index (χ3v) is 3.67. The lowest BCUT2D eigenvalue weighted by atomic mass is 10.0. The highest BCUT2D eigenvalue weighted by molar-refractivity contribution is 5.78. The first kappa shape index (κ1) is 14.7. The Hall–Kier alpha value is -0.690. The molecule has 0 atom stereocenters. The quantitative estimate of drug-likeness (QED) is 0.689. The van der Waals surface area contributed by atoms with Crippen LogP contribution in [0.4, 0.5) is 0 Å². The molecule has 0 aromatic carbocycles. The summed E-state index contributed by atoms with van der Waals surface area (Å²) in [6, 6.07) is 0. The molecule has 0 saturated carbocycles. The van der Waals surface area contributed by atoms with E-state index in [0.717, 1.165) is 45.5 Å². The number of nitrogens with zero attached hydrogens (tertiary/aromatic N) is 1. The highest BCUT2D eigenvalue weighted by Gasteiger charge is 2.40. The molecule has 2 heterocycles. The number of hydrogen-bond donors (Lipinski definition) is 1. The van der Waals surface area contributed by atoms with Crippen LogP contribution in [0.5, 0.6) is 0 Å². The number of rotatable bonds is 6. The summed E-state index contributed by atoms with van der Waals surface area (Å²) in [7, 11) is 1.68. The molecule has 110 valence electrons. The molecule has 2 fully saturated rings. The monoisotopic (exact) mass is 272 g/mol. The molecule has 0 bridgehead atoms. The van der Waals surface area contributed by atoms with Gasteiger partial charge in [0.2, 0.25) is 5.91 Å². The molecule has 1 N–H and O–H groups in total. The normalized spacial score (nSPS) is 22.1. The highest BCUT2D eigenvalue weighted by Crippen LogP contribution is 2.31. The van der Waals surface area contributed by atoms with Crippen LogP contribution >= 0.6 is 0 Å². The number of methoxy groups -OCH3 is 1. The molecule has 6 nitrogen and oxygen atoms in total. The fraction of sp³-hybridized carbons (Fsp3) is 0.923. The smallest absolute Gasteiger partial charge is 0.236 e. The summed E-state index contributed by atoms with van der Waals surface area (Å²) in [5.74, 6) is -0.242. The SMILES string of the molecule is COCCCNCC(=O)N1CCC2(CC1)OCCO2. The van der Waals surface area contributed by atoms with E-state index < -0.39 is 5.79 Å². The number of likely N-dealkylation sites (tertiary alicyclic amines) is 1. The maximum atomic E-state index is 12.0. The summed E-state index contributed by atoms with van der Waals surface area (Å²) in [6.45, 7) is 4.73. The van der Waals surface area contributed by atoms with Crippen molar-refractivity contribution in [2.24, 2.45) is 0 Å². The second-order valence-corrected chi connectivity index (χ2v) is 5.01. The number of hydrogen-bond acceptors (Lipinski definition) is 5. The maximum Gasteiger partial charge on any atom is 0.236 e. The van der Waals surface area contributed by atoms with Gasteiger partial charge in [0, 0.05) is 39.6 Å². The van der Waals surface area contributed by atoms with E-state index in [1.165, 1.54) is 0 Å². The lowest BCUT2D eigenvalue weighted by molar-refractivity contribution is -0.187. The van der Waals surface area contributed by atoms with Gasteiger partial charge in [0.05, 0.1) is 19.8 Å². The Balaban J connectivity index is 1.62. The van der Waals surface area contributed by atoms with E-state index in [1.807, 2.05) is 4.90 Å². The number of piperidine rings is 1. The third-order valence-electron chi connectivity index (χ3n) is 3.67. The Morgan fingerprint density at radius 1 is 1.32 bits per heavy atom. The van der Waals surface area contributed by atoms with Gasteiger partial charge in [-0.25, -0.2) is 0 Å². The molecular weight excluding hydrogens is 248 g/mol. The van der Waals surface area contributed by atoms with Crippen LogP contribution in [0.3, 0.4) is 0 Å². The second-order valence-electron chi connectivity index (χ2n) is 5.01. The lowest BCUT2D eigenvalue weighted by Crippen LogP contribution is -2.49. The van der Waals surface area contributed by atoms with E-state index in [2.05, 4.69) is 5.32 Å². The molecule has 19 heavy (non-hydrogen) atoms. The van der Waals surface area contributed by atoms with Crippen molar-refractivity contribution in [3.63, 3.8) is 0 Å². The Kier molecular flexibility index (Phi) is 5.57. The number of carbonyl (C=O) groups is 1. The second kappa shape index (κ2) is 7.19. The zero-order valence-corrected chi connectivity index (χ0v) is 11.7. The van der Waals surface area contributed by atoms with Crippen molar-refractivity contribution in [2.75, 3.05) is 53.1 Å². The van der Waals surface area contributed by atoms with Crippen LogP contribution < -0.4 is 5.32 Å². The van der Waals surface area contributed by atoms with Crippen LogP contribution in [-0.2, 0) is 19.0 Å². The van der Waals surface area contributed by atoms with Gasteiger partial charge in [0.15, 0.2) is 5.79 Å².